The average molecular weight is 503 g/mol. The van der Waals surface area contributed by atoms with Crippen molar-refractivity contribution in [1.29, 1.82) is 0 Å². The lowest BCUT2D eigenvalue weighted by Gasteiger charge is -2.33. The maximum Gasteiger partial charge on any atom is 0.143 e. The second-order valence-corrected chi connectivity index (χ2v) is 8.78. The Balaban J connectivity index is 1.38. The molecule has 0 fully saturated rings. The molecular weight excluding hydrogens is 478 g/mol. The summed E-state index contributed by atoms with van der Waals surface area (Å²) in [5, 5.41) is 20.0. The highest BCUT2D eigenvalue weighted by Crippen LogP contribution is 2.40. The lowest BCUT2D eigenvalue weighted by atomic mass is 9.80. The minimum atomic E-state index is -1.84. The van der Waals surface area contributed by atoms with Gasteiger partial charge in [0, 0.05) is 23.3 Å². The first-order valence-corrected chi connectivity index (χ1v) is 11.7. The zero-order valence-electron chi connectivity index (χ0n) is 20.0. The Bertz CT molecular complexity index is 1460. The van der Waals surface area contributed by atoms with Crippen LogP contribution in [-0.4, -0.2) is 25.0 Å². The van der Waals surface area contributed by atoms with Gasteiger partial charge in [-0.2, -0.15) is 5.10 Å². The van der Waals surface area contributed by atoms with Gasteiger partial charge in [-0.15, -0.1) is 0 Å². The number of halogens is 2. The van der Waals surface area contributed by atoms with Crippen LogP contribution in [0, 0.1) is 11.6 Å². The van der Waals surface area contributed by atoms with Crippen LogP contribution >= 0.6 is 0 Å². The molecule has 0 aliphatic rings. The molecule has 188 valence electrons. The van der Waals surface area contributed by atoms with Gasteiger partial charge in [-0.05, 0) is 35.9 Å². The predicted molar refractivity (Wildman–Crippen MR) is 131 cm³/mol. The van der Waals surface area contributed by atoms with Gasteiger partial charge in [0.05, 0.1) is 12.5 Å². The molecule has 0 aliphatic carbocycles. The molecule has 3 aromatic carbocycles. The molecule has 37 heavy (non-hydrogen) atoms. The monoisotopic (exact) mass is 502 g/mol. The Morgan fingerprint density at radius 1 is 1.03 bits per heavy atom. The smallest absolute Gasteiger partial charge is 0.143 e. The molecular formula is C28H24F2N4O3. The molecule has 0 saturated carbocycles. The minimum Gasteiger partial charge on any atom is -0.489 e. The second kappa shape index (κ2) is 10.3. The van der Waals surface area contributed by atoms with Gasteiger partial charge in [-0.25, -0.2) is 18.4 Å². The van der Waals surface area contributed by atoms with Gasteiger partial charge in [0.2, 0.25) is 0 Å². The molecule has 2 atom stereocenters. The number of aromatic nitrogens is 4. The lowest BCUT2D eigenvalue weighted by molar-refractivity contribution is -0.0181. The van der Waals surface area contributed by atoms with Crippen LogP contribution in [0.5, 0.6) is 5.75 Å². The molecule has 0 aliphatic heterocycles. The molecule has 5 rings (SSSR count). The third-order valence-electron chi connectivity index (χ3n) is 6.34. The van der Waals surface area contributed by atoms with Crippen LogP contribution in [0.4, 0.5) is 8.78 Å². The Kier molecular flexibility index (Phi) is 6.78. The fourth-order valence-corrected chi connectivity index (χ4v) is 4.18. The van der Waals surface area contributed by atoms with E-state index >= 15 is 0 Å². The lowest BCUT2D eigenvalue weighted by Crippen LogP contribution is -2.38. The molecule has 0 radical (unpaired) electrons. The van der Waals surface area contributed by atoms with Crippen molar-refractivity contribution in [2.24, 2.45) is 0 Å². The molecule has 0 amide bonds. The maximum absolute atomic E-state index is 14.8. The van der Waals surface area contributed by atoms with E-state index < -0.39 is 23.2 Å². The molecule has 1 N–H and O–H groups in total. The summed E-state index contributed by atoms with van der Waals surface area (Å²) < 4.78 is 41.2. The van der Waals surface area contributed by atoms with Gasteiger partial charge in [-0.3, -0.25) is 0 Å². The van der Waals surface area contributed by atoms with E-state index in [4.69, 9.17) is 9.26 Å². The van der Waals surface area contributed by atoms with Crippen molar-refractivity contribution in [2.75, 3.05) is 0 Å². The highest BCUT2D eigenvalue weighted by atomic mass is 19.1. The molecule has 0 bridgehead atoms. The minimum absolute atomic E-state index is 0.0882. The van der Waals surface area contributed by atoms with E-state index in [0.717, 1.165) is 23.3 Å². The molecule has 7 nitrogen and oxygen atoms in total. The summed E-state index contributed by atoms with van der Waals surface area (Å²) in [5.41, 5.74) is 0.464. The number of nitrogens with zero attached hydrogens (tertiary/aromatic N) is 4. The van der Waals surface area contributed by atoms with E-state index in [1.807, 2.05) is 54.6 Å². The van der Waals surface area contributed by atoms with Crippen LogP contribution in [0.1, 0.15) is 29.7 Å². The molecule has 5 aromatic rings. The SMILES string of the molecule is C[C@@H](c1cc(-c2ccc(OCc3ccccc3)cc2)no1)[C@](O)(Cn1cncn1)c1ccc(F)cc1F. The van der Waals surface area contributed by atoms with Crippen molar-refractivity contribution in [3.8, 4) is 17.0 Å². The molecule has 0 spiro atoms. The van der Waals surface area contributed by atoms with E-state index in [9.17, 15) is 13.9 Å². The summed E-state index contributed by atoms with van der Waals surface area (Å²) in [6.45, 7) is 2.00. The van der Waals surface area contributed by atoms with Crippen LogP contribution < -0.4 is 4.74 Å². The number of hydrogen-bond acceptors (Lipinski definition) is 6. The third-order valence-corrected chi connectivity index (χ3v) is 6.34. The fraction of sp³-hybridized carbons (Fsp3) is 0.179. The topological polar surface area (TPSA) is 86.2 Å². The summed E-state index contributed by atoms with van der Waals surface area (Å²) in [6.07, 6.45) is 2.72. The number of hydrogen-bond donors (Lipinski definition) is 1. The Morgan fingerprint density at radius 2 is 1.81 bits per heavy atom. The number of benzene rings is 3. The van der Waals surface area contributed by atoms with E-state index in [-0.39, 0.29) is 12.1 Å². The zero-order chi connectivity index (χ0) is 25.8. The first kappa shape index (κ1) is 24.3. The summed E-state index contributed by atoms with van der Waals surface area (Å²) in [6, 6.07) is 22.0. The van der Waals surface area contributed by atoms with E-state index in [2.05, 4.69) is 15.2 Å². The average Bonchev–Trinajstić information content (AvgIpc) is 3.60. The van der Waals surface area contributed by atoms with Crippen LogP contribution in [0.25, 0.3) is 11.3 Å². The Hall–Kier alpha value is -4.37. The normalized spacial score (nSPS) is 13.7. The van der Waals surface area contributed by atoms with Crippen molar-refractivity contribution in [2.45, 2.75) is 31.6 Å². The predicted octanol–water partition coefficient (Wildman–Crippen LogP) is 5.48. The van der Waals surface area contributed by atoms with Crippen molar-refractivity contribution in [1.82, 2.24) is 19.9 Å². The highest BCUT2D eigenvalue weighted by Gasteiger charge is 2.42. The van der Waals surface area contributed by atoms with Gasteiger partial charge in [0.15, 0.2) is 0 Å². The largest absolute Gasteiger partial charge is 0.489 e. The Labute approximate surface area is 212 Å². The van der Waals surface area contributed by atoms with Crippen LogP contribution in [0.15, 0.2) is 96.0 Å². The standard InChI is InChI=1S/C28H24F2N4O3/c1-19(28(35,16-34-18-31-17-32-34)24-12-9-22(29)13-25(24)30)27-14-26(33-37-27)21-7-10-23(11-8-21)36-15-20-5-3-2-4-6-20/h2-14,17-19,35H,15-16H2,1H3/t19-,28+/m0/s1. The fourth-order valence-electron chi connectivity index (χ4n) is 4.18. The molecule has 2 heterocycles. The third kappa shape index (κ3) is 5.26. The summed E-state index contributed by atoms with van der Waals surface area (Å²) in [5.74, 6) is -1.36. The number of rotatable bonds is 9. The quantitative estimate of drug-likeness (QED) is 0.287. The van der Waals surface area contributed by atoms with E-state index in [0.29, 0.717) is 23.8 Å². The van der Waals surface area contributed by atoms with Gasteiger partial charge in [0.1, 0.15) is 53.7 Å². The summed E-state index contributed by atoms with van der Waals surface area (Å²) in [4.78, 5) is 3.89. The molecule has 0 unspecified atom stereocenters. The van der Waals surface area contributed by atoms with Gasteiger partial charge in [0.25, 0.3) is 0 Å². The van der Waals surface area contributed by atoms with Crippen LogP contribution in [-0.2, 0) is 18.8 Å². The van der Waals surface area contributed by atoms with Gasteiger partial charge in [-0.1, -0.05) is 48.5 Å². The van der Waals surface area contributed by atoms with E-state index in [1.54, 1.807) is 13.0 Å². The zero-order valence-corrected chi connectivity index (χ0v) is 20.0. The van der Waals surface area contributed by atoms with Crippen LogP contribution in [0.3, 0.4) is 0 Å². The van der Waals surface area contributed by atoms with E-state index in [1.165, 1.54) is 23.4 Å². The molecule has 2 aromatic heterocycles. The first-order chi connectivity index (χ1) is 17.9. The van der Waals surface area contributed by atoms with Crippen LogP contribution in [0.2, 0.25) is 0 Å². The van der Waals surface area contributed by atoms with Gasteiger partial charge < -0.3 is 14.4 Å². The number of aliphatic hydroxyl groups is 1. The number of ether oxygens (including phenoxy) is 1. The van der Waals surface area contributed by atoms with Crippen molar-refractivity contribution in [3.63, 3.8) is 0 Å². The first-order valence-electron chi connectivity index (χ1n) is 11.7. The maximum atomic E-state index is 14.8. The molecule has 0 saturated heterocycles. The van der Waals surface area contributed by atoms with Crippen molar-refractivity contribution in [3.05, 3.63) is 120 Å². The van der Waals surface area contributed by atoms with Crippen molar-refractivity contribution >= 4 is 0 Å². The second-order valence-electron chi connectivity index (χ2n) is 8.78. The Morgan fingerprint density at radius 3 is 2.51 bits per heavy atom. The van der Waals surface area contributed by atoms with Gasteiger partial charge >= 0.3 is 0 Å². The summed E-state index contributed by atoms with van der Waals surface area (Å²) in [7, 11) is 0. The summed E-state index contributed by atoms with van der Waals surface area (Å²) >= 11 is 0. The molecule has 9 heteroatoms. The highest BCUT2D eigenvalue weighted by molar-refractivity contribution is 5.60. The van der Waals surface area contributed by atoms with Crippen molar-refractivity contribution < 1.29 is 23.1 Å².